The summed E-state index contributed by atoms with van der Waals surface area (Å²) in [6, 6.07) is 18.2. The van der Waals surface area contributed by atoms with Gasteiger partial charge in [-0.25, -0.2) is 4.39 Å². The molecule has 0 unspecified atom stereocenters. The standard InChI is InChI=1S/C24H25BrFNO3/c1-3-28-21-10-8-20(9-11-21)27-15-18-13-22(25)24(23(14-18)29-4-2)30-16-17-6-5-7-19(26)12-17/h5-14,27H,3-4,15-16H2,1-2H3. The van der Waals surface area contributed by atoms with Crippen LogP contribution in [0.25, 0.3) is 0 Å². The van der Waals surface area contributed by atoms with Gasteiger partial charge in [-0.15, -0.1) is 0 Å². The molecule has 1 N–H and O–H groups in total. The minimum Gasteiger partial charge on any atom is -0.494 e. The molecule has 0 aliphatic heterocycles. The third-order valence-corrected chi connectivity index (χ3v) is 4.89. The summed E-state index contributed by atoms with van der Waals surface area (Å²) in [6.45, 7) is 5.92. The second-order valence-electron chi connectivity index (χ2n) is 6.57. The molecule has 0 aliphatic carbocycles. The molecule has 0 saturated heterocycles. The first-order chi connectivity index (χ1) is 14.6. The van der Waals surface area contributed by atoms with E-state index in [1.807, 2.05) is 56.3 Å². The summed E-state index contributed by atoms with van der Waals surface area (Å²) >= 11 is 3.59. The van der Waals surface area contributed by atoms with Gasteiger partial charge in [0.1, 0.15) is 18.2 Å². The van der Waals surface area contributed by atoms with Crippen molar-refractivity contribution in [1.29, 1.82) is 0 Å². The van der Waals surface area contributed by atoms with Crippen LogP contribution < -0.4 is 19.5 Å². The number of nitrogens with one attached hydrogen (secondary N) is 1. The van der Waals surface area contributed by atoms with Crippen LogP contribution in [0.5, 0.6) is 17.2 Å². The molecule has 4 nitrogen and oxygen atoms in total. The molecule has 0 bridgehead atoms. The average molecular weight is 474 g/mol. The molecule has 0 radical (unpaired) electrons. The number of benzene rings is 3. The molecule has 3 rings (SSSR count). The van der Waals surface area contributed by atoms with Gasteiger partial charge in [0.15, 0.2) is 11.5 Å². The SMILES string of the molecule is CCOc1ccc(NCc2cc(Br)c(OCc3cccc(F)c3)c(OCC)c2)cc1. The lowest BCUT2D eigenvalue weighted by Crippen LogP contribution is -2.04. The normalized spacial score (nSPS) is 10.5. The smallest absolute Gasteiger partial charge is 0.175 e. The Balaban J connectivity index is 1.70. The van der Waals surface area contributed by atoms with Gasteiger partial charge in [-0.3, -0.25) is 0 Å². The van der Waals surface area contributed by atoms with Gasteiger partial charge in [-0.05, 0) is 89.4 Å². The lowest BCUT2D eigenvalue weighted by atomic mass is 10.2. The Bertz CT molecular complexity index is 963. The molecule has 0 amide bonds. The number of hydrogen-bond donors (Lipinski definition) is 1. The highest BCUT2D eigenvalue weighted by Crippen LogP contribution is 2.37. The van der Waals surface area contributed by atoms with Crippen LogP contribution in [-0.4, -0.2) is 13.2 Å². The van der Waals surface area contributed by atoms with Gasteiger partial charge in [0.05, 0.1) is 17.7 Å². The van der Waals surface area contributed by atoms with Crippen LogP contribution in [0, 0.1) is 5.82 Å². The van der Waals surface area contributed by atoms with E-state index in [1.165, 1.54) is 12.1 Å². The van der Waals surface area contributed by atoms with Gasteiger partial charge < -0.3 is 19.5 Å². The second kappa shape index (κ2) is 10.9. The molecule has 6 heteroatoms. The minimum atomic E-state index is -0.282. The topological polar surface area (TPSA) is 39.7 Å². The monoisotopic (exact) mass is 473 g/mol. The van der Waals surface area contributed by atoms with E-state index in [4.69, 9.17) is 14.2 Å². The van der Waals surface area contributed by atoms with E-state index < -0.39 is 0 Å². The lowest BCUT2D eigenvalue weighted by molar-refractivity contribution is 0.267. The van der Waals surface area contributed by atoms with Crippen LogP contribution in [0.15, 0.2) is 65.1 Å². The van der Waals surface area contributed by atoms with Crippen molar-refractivity contribution in [2.75, 3.05) is 18.5 Å². The molecule has 3 aromatic carbocycles. The first kappa shape index (κ1) is 22.0. The summed E-state index contributed by atoms with van der Waals surface area (Å²) in [5, 5.41) is 3.40. The molecule has 0 aliphatic rings. The fourth-order valence-electron chi connectivity index (χ4n) is 2.95. The molecule has 30 heavy (non-hydrogen) atoms. The molecule has 0 aromatic heterocycles. The first-order valence-corrected chi connectivity index (χ1v) is 10.7. The Labute approximate surface area is 185 Å². The van der Waals surface area contributed by atoms with E-state index >= 15 is 0 Å². The van der Waals surface area contributed by atoms with Gasteiger partial charge in [-0.1, -0.05) is 12.1 Å². The van der Waals surface area contributed by atoms with E-state index in [0.717, 1.165) is 27.0 Å². The molecule has 158 valence electrons. The molecule has 3 aromatic rings. The van der Waals surface area contributed by atoms with Crippen molar-refractivity contribution in [2.45, 2.75) is 27.0 Å². The number of hydrogen-bond acceptors (Lipinski definition) is 4. The first-order valence-electron chi connectivity index (χ1n) is 9.88. The Morgan fingerprint density at radius 3 is 2.33 bits per heavy atom. The van der Waals surface area contributed by atoms with Gasteiger partial charge in [0.25, 0.3) is 0 Å². The Kier molecular flexibility index (Phi) is 7.97. The maximum absolute atomic E-state index is 13.4. The number of halogens is 2. The molecular formula is C24H25BrFNO3. The number of rotatable bonds is 10. The minimum absolute atomic E-state index is 0.250. The van der Waals surface area contributed by atoms with Crippen molar-refractivity contribution in [1.82, 2.24) is 0 Å². The van der Waals surface area contributed by atoms with E-state index in [9.17, 15) is 4.39 Å². The second-order valence-corrected chi connectivity index (χ2v) is 7.42. The van der Waals surface area contributed by atoms with Crippen molar-refractivity contribution in [3.8, 4) is 17.2 Å². The van der Waals surface area contributed by atoms with E-state index in [-0.39, 0.29) is 12.4 Å². The summed E-state index contributed by atoms with van der Waals surface area (Å²) in [7, 11) is 0. The molecule has 0 heterocycles. The van der Waals surface area contributed by atoms with Crippen molar-refractivity contribution in [2.24, 2.45) is 0 Å². The summed E-state index contributed by atoms with van der Waals surface area (Å²) in [6.07, 6.45) is 0. The van der Waals surface area contributed by atoms with Crippen LogP contribution in [0.1, 0.15) is 25.0 Å². The zero-order chi connectivity index (χ0) is 21.3. The van der Waals surface area contributed by atoms with Crippen molar-refractivity contribution < 1.29 is 18.6 Å². The Morgan fingerprint density at radius 2 is 1.63 bits per heavy atom. The van der Waals surface area contributed by atoms with E-state index in [1.54, 1.807) is 6.07 Å². The summed E-state index contributed by atoms with van der Waals surface area (Å²) < 4.78 is 31.4. The summed E-state index contributed by atoms with van der Waals surface area (Å²) in [4.78, 5) is 0. The predicted molar refractivity (Wildman–Crippen MR) is 121 cm³/mol. The number of anilines is 1. The Morgan fingerprint density at radius 1 is 0.867 bits per heavy atom. The molecular weight excluding hydrogens is 449 g/mol. The Hall–Kier alpha value is -2.73. The quantitative estimate of drug-likeness (QED) is 0.361. The van der Waals surface area contributed by atoms with Crippen LogP contribution in [0.4, 0.5) is 10.1 Å². The van der Waals surface area contributed by atoms with Crippen LogP contribution in [0.3, 0.4) is 0 Å². The van der Waals surface area contributed by atoms with Crippen molar-refractivity contribution >= 4 is 21.6 Å². The average Bonchev–Trinajstić information content (AvgIpc) is 2.73. The zero-order valence-corrected chi connectivity index (χ0v) is 18.7. The highest BCUT2D eigenvalue weighted by molar-refractivity contribution is 9.10. The molecule has 0 fully saturated rings. The maximum Gasteiger partial charge on any atom is 0.175 e. The van der Waals surface area contributed by atoms with Gasteiger partial charge in [-0.2, -0.15) is 0 Å². The highest BCUT2D eigenvalue weighted by Gasteiger charge is 2.13. The predicted octanol–water partition coefficient (Wildman–Crippen LogP) is 6.58. The van der Waals surface area contributed by atoms with Crippen LogP contribution >= 0.6 is 15.9 Å². The third-order valence-electron chi connectivity index (χ3n) is 4.30. The largest absolute Gasteiger partial charge is 0.494 e. The lowest BCUT2D eigenvalue weighted by Gasteiger charge is -2.16. The fraction of sp³-hybridized carbons (Fsp3) is 0.250. The number of ether oxygens (including phenoxy) is 3. The van der Waals surface area contributed by atoms with E-state index in [2.05, 4.69) is 21.2 Å². The maximum atomic E-state index is 13.4. The van der Waals surface area contributed by atoms with Crippen molar-refractivity contribution in [3.63, 3.8) is 0 Å². The molecule has 0 atom stereocenters. The summed E-state index contributed by atoms with van der Waals surface area (Å²) in [5.41, 5.74) is 2.79. The third kappa shape index (κ3) is 6.13. The summed E-state index contributed by atoms with van der Waals surface area (Å²) in [5.74, 6) is 1.82. The fourth-order valence-corrected chi connectivity index (χ4v) is 3.55. The van der Waals surface area contributed by atoms with Gasteiger partial charge in [0, 0.05) is 12.2 Å². The van der Waals surface area contributed by atoms with Crippen LogP contribution in [-0.2, 0) is 13.2 Å². The van der Waals surface area contributed by atoms with Gasteiger partial charge in [0.2, 0.25) is 0 Å². The molecule has 0 saturated carbocycles. The molecule has 0 spiro atoms. The van der Waals surface area contributed by atoms with Gasteiger partial charge >= 0.3 is 0 Å². The van der Waals surface area contributed by atoms with Crippen LogP contribution in [0.2, 0.25) is 0 Å². The zero-order valence-electron chi connectivity index (χ0n) is 17.1. The van der Waals surface area contributed by atoms with Crippen molar-refractivity contribution in [3.05, 3.63) is 82.1 Å². The highest BCUT2D eigenvalue weighted by atomic mass is 79.9. The van der Waals surface area contributed by atoms with E-state index in [0.29, 0.717) is 31.3 Å².